The Morgan fingerprint density at radius 1 is 1.53 bits per heavy atom. The molecular weight excluding hydrogens is 239 g/mol. The van der Waals surface area contributed by atoms with Gasteiger partial charge in [-0.1, -0.05) is 23.7 Å². The Balaban J connectivity index is 2.31. The number of hydrogen-bond acceptors (Lipinski definition) is 2. The summed E-state index contributed by atoms with van der Waals surface area (Å²) in [4.78, 5) is 2.24. The first-order valence-corrected chi connectivity index (χ1v) is 6.28. The lowest BCUT2D eigenvalue weighted by Crippen LogP contribution is -2.21. The molecule has 17 heavy (non-hydrogen) atoms. The highest BCUT2D eigenvalue weighted by atomic mass is 35.5. The van der Waals surface area contributed by atoms with Crippen LogP contribution in [0.2, 0.25) is 5.02 Å². The normalized spacial score (nSPS) is 25.4. The van der Waals surface area contributed by atoms with Crippen molar-refractivity contribution in [2.45, 2.75) is 19.1 Å². The number of nitrogens with two attached hydrogens (primary N) is 1. The van der Waals surface area contributed by atoms with Gasteiger partial charge in [-0.15, -0.1) is 0 Å². The summed E-state index contributed by atoms with van der Waals surface area (Å²) in [5.74, 6) is 0.497. The molecule has 4 heteroatoms. The van der Waals surface area contributed by atoms with Crippen LogP contribution in [0.25, 0.3) is 0 Å². The maximum absolute atomic E-state index is 13.1. The second kappa shape index (κ2) is 5.34. The number of alkyl halides is 1. The van der Waals surface area contributed by atoms with E-state index in [1.165, 1.54) is 0 Å². The van der Waals surface area contributed by atoms with Crippen molar-refractivity contribution in [2.24, 2.45) is 11.7 Å². The first-order chi connectivity index (χ1) is 8.17. The molecule has 1 heterocycles. The smallest absolute Gasteiger partial charge is 0.116 e. The third-order valence-corrected chi connectivity index (χ3v) is 3.97. The minimum Gasteiger partial charge on any atom is -0.330 e. The maximum atomic E-state index is 13.1. The average molecular weight is 257 g/mol. The molecule has 0 aromatic heterocycles. The fraction of sp³-hybridized carbons (Fsp3) is 0.538. The SMILES string of the molecule is CN1CC(CN)CC1c1cccc(Cl)c1CF. The summed E-state index contributed by atoms with van der Waals surface area (Å²) in [6.45, 7) is 1.15. The minimum absolute atomic E-state index is 0.244. The molecule has 2 atom stereocenters. The third kappa shape index (κ3) is 2.46. The van der Waals surface area contributed by atoms with Crippen LogP contribution in [0.5, 0.6) is 0 Å². The molecule has 2 rings (SSSR count). The summed E-state index contributed by atoms with van der Waals surface area (Å²) in [7, 11) is 2.06. The Hall–Kier alpha value is -0.640. The molecule has 1 saturated heterocycles. The van der Waals surface area contributed by atoms with E-state index in [4.69, 9.17) is 17.3 Å². The van der Waals surface area contributed by atoms with E-state index < -0.39 is 6.67 Å². The number of likely N-dealkylation sites (tertiary alicyclic amines) is 1. The lowest BCUT2D eigenvalue weighted by atomic mass is 9.96. The Morgan fingerprint density at radius 3 is 2.88 bits per heavy atom. The highest BCUT2D eigenvalue weighted by Gasteiger charge is 2.31. The van der Waals surface area contributed by atoms with Crippen molar-refractivity contribution in [2.75, 3.05) is 20.1 Å². The summed E-state index contributed by atoms with van der Waals surface area (Å²) in [6, 6.07) is 5.85. The van der Waals surface area contributed by atoms with Gasteiger partial charge < -0.3 is 5.73 Å². The van der Waals surface area contributed by atoms with Crippen molar-refractivity contribution in [3.63, 3.8) is 0 Å². The number of benzene rings is 1. The molecule has 94 valence electrons. The van der Waals surface area contributed by atoms with Gasteiger partial charge in [0.2, 0.25) is 0 Å². The molecule has 0 bridgehead atoms. The molecule has 1 aromatic carbocycles. The first-order valence-electron chi connectivity index (χ1n) is 5.91. The zero-order valence-corrected chi connectivity index (χ0v) is 10.8. The maximum Gasteiger partial charge on any atom is 0.116 e. The molecule has 1 aliphatic heterocycles. The van der Waals surface area contributed by atoms with E-state index in [0.29, 0.717) is 23.0 Å². The molecule has 1 aromatic rings. The summed E-state index contributed by atoms with van der Waals surface area (Å²) in [5, 5.41) is 0.523. The van der Waals surface area contributed by atoms with Crippen LogP contribution in [0.4, 0.5) is 4.39 Å². The standard InChI is InChI=1S/C13H18ClFN2/c1-17-8-9(7-16)5-13(17)10-3-2-4-12(14)11(10)6-15/h2-4,9,13H,5-8,16H2,1H3. The van der Waals surface area contributed by atoms with E-state index in [9.17, 15) is 4.39 Å². The van der Waals surface area contributed by atoms with Crippen LogP contribution in [0.3, 0.4) is 0 Å². The number of halogens is 2. The van der Waals surface area contributed by atoms with Gasteiger partial charge in [0, 0.05) is 23.2 Å². The summed E-state index contributed by atoms with van der Waals surface area (Å²) in [5.41, 5.74) is 7.35. The van der Waals surface area contributed by atoms with Crippen LogP contribution in [-0.4, -0.2) is 25.0 Å². The number of nitrogens with zero attached hydrogens (tertiary/aromatic N) is 1. The third-order valence-electron chi connectivity index (χ3n) is 3.62. The average Bonchev–Trinajstić information content (AvgIpc) is 2.70. The molecule has 2 nitrogen and oxygen atoms in total. The van der Waals surface area contributed by atoms with Crippen LogP contribution in [0, 0.1) is 5.92 Å². The Bertz CT molecular complexity index is 397. The zero-order valence-electron chi connectivity index (χ0n) is 10.00. The van der Waals surface area contributed by atoms with Crippen LogP contribution < -0.4 is 5.73 Å². The van der Waals surface area contributed by atoms with Crippen LogP contribution in [0.15, 0.2) is 18.2 Å². The second-order valence-electron chi connectivity index (χ2n) is 4.73. The monoisotopic (exact) mass is 256 g/mol. The van der Waals surface area contributed by atoms with E-state index in [-0.39, 0.29) is 6.04 Å². The number of hydrogen-bond donors (Lipinski definition) is 1. The minimum atomic E-state index is -0.507. The zero-order chi connectivity index (χ0) is 12.4. The van der Waals surface area contributed by atoms with Crippen molar-refractivity contribution < 1.29 is 4.39 Å². The largest absolute Gasteiger partial charge is 0.330 e. The van der Waals surface area contributed by atoms with Crippen molar-refractivity contribution >= 4 is 11.6 Å². The summed E-state index contributed by atoms with van der Waals surface area (Å²) in [6.07, 6.45) is 0.986. The molecule has 0 saturated carbocycles. The molecular formula is C13H18ClFN2. The predicted octanol–water partition coefficient (Wildman–Crippen LogP) is 2.76. The lowest BCUT2D eigenvalue weighted by Gasteiger charge is -2.22. The van der Waals surface area contributed by atoms with Crippen molar-refractivity contribution in [1.29, 1.82) is 0 Å². The molecule has 0 amide bonds. The molecule has 1 fully saturated rings. The molecule has 0 aliphatic carbocycles. The fourth-order valence-electron chi connectivity index (χ4n) is 2.67. The highest BCUT2D eigenvalue weighted by molar-refractivity contribution is 6.31. The van der Waals surface area contributed by atoms with Crippen molar-refractivity contribution in [3.05, 3.63) is 34.3 Å². The lowest BCUT2D eigenvalue weighted by molar-refractivity contribution is 0.310. The van der Waals surface area contributed by atoms with Gasteiger partial charge in [-0.25, -0.2) is 4.39 Å². The van der Waals surface area contributed by atoms with Gasteiger partial charge in [0.15, 0.2) is 0 Å². The van der Waals surface area contributed by atoms with Gasteiger partial charge in [-0.3, -0.25) is 4.90 Å². The Morgan fingerprint density at radius 2 is 2.29 bits per heavy atom. The van der Waals surface area contributed by atoms with Crippen molar-refractivity contribution in [1.82, 2.24) is 4.90 Å². The molecule has 1 aliphatic rings. The van der Waals surface area contributed by atoms with Crippen LogP contribution in [-0.2, 0) is 6.67 Å². The predicted molar refractivity (Wildman–Crippen MR) is 68.8 cm³/mol. The van der Waals surface area contributed by atoms with Gasteiger partial charge in [-0.2, -0.15) is 0 Å². The topological polar surface area (TPSA) is 29.3 Å². The van der Waals surface area contributed by atoms with E-state index in [0.717, 1.165) is 18.5 Å². The van der Waals surface area contributed by atoms with Crippen LogP contribution >= 0.6 is 11.6 Å². The molecule has 0 radical (unpaired) electrons. The molecule has 0 spiro atoms. The van der Waals surface area contributed by atoms with Gasteiger partial charge in [0.1, 0.15) is 6.67 Å². The van der Waals surface area contributed by atoms with Crippen LogP contribution in [0.1, 0.15) is 23.6 Å². The Kier molecular flexibility index (Phi) is 4.02. The highest BCUT2D eigenvalue weighted by Crippen LogP contribution is 2.37. The summed E-state index contributed by atoms with van der Waals surface area (Å²) < 4.78 is 13.1. The molecule has 2 unspecified atom stereocenters. The van der Waals surface area contributed by atoms with E-state index in [1.54, 1.807) is 6.07 Å². The van der Waals surface area contributed by atoms with Crippen molar-refractivity contribution in [3.8, 4) is 0 Å². The van der Waals surface area contributed by atoms with Gasteiger partial charge in [-0.05, 0) is 37.6 Å². The van der Waals surface area contributed by atoms with E-state index in [1.807, 2.05) is 12.1 Å². The molecule has 2 N–H and O–H groups in total. The van der Waals surface area contributed by atoms with Gasteiger partial charge in [0.25, 0.3) is 0 Å². The van der Waals surface area contributed by atoms with E-state index >= 15 is 0 Å². The summed E-state index contributed by atoms with van der Waals surface area (Å²) >= 11 is 6.04. The number of rotatable bonds is 3. The van der Waals surface area contributed by atoms with E-state index in [2.05, 4.69) is 11.9 Å². The second-order valence-corrected chi connectivity index (χ2v) is 5.14. The fourth-order valence-corrected chi connectivity index (χ4v) is 2.90. The quantitative estimate of drug-likeness (QED) is 0.901. The Labute approximate surface area is 107 Å². The first kappa shape index (κ1) is 12.8. The van der Waals surface area contributed by atoms with Gasteiger partial charge in [0.05, 0.1) is 0 Å². The van der Waals surface area contributed by atoms with Gasteiger partial charge >= 0.3 is 0 Å².